The van der Waals surface area contributed by atoms with E-state index >= 15 is 0 Å². The number of hydrogen-bond acceptors (Lipinski definition) is 4. The van der Waals surface area contributed by atoms with Crippen LogP contribution in [-0.2, 0) is 10.3 Å². The first kappa shape index (κ1) is 8.77. The molecule has 0 bridgehead atoms. The SMILES string of the molecule is O=C=NC1(c2ccc3scnc3c2)CC1. The first-order chi connectivity index (χ1) is 7.34. The van der Waals surface area contributed by atoms with Gasteiger partial charge >= 0.3 is 0 Å². The fraction of sp³-hybridized carbons (Fsp3) is 0.273. The molecule has 0 N–H and O–H groups in total. The second-order valence-electron chi connectivity index (χ2n) is 3.77. The van der Waals surface area contributed by atoms with Crippen LogP contribution in [0.15, 0.2) is 28.7 Å². The molecule has 2 aromatic rings. The van der Waals surface area contributed by atoms with Gasteiger partial charge in [0.05, 0.1) is 21.3 Å². The molecule has 1 fully saturated rings. The molecule has 1 aliphatic rings. The van der Waals surface area contributed by atoms with E-state index in [1.807, 2.05) is 23.7 Å². The first-order valence-corrected chi connectivity index (χ1v) is 5.65. The molecule has 1 saturated carbocycles. The topological polar surface area (TPSA) is 42.3 Å². The van der Waals surface area contributed by atoms with Gasteiger partial charge in [0.2, 0.25) is 6.08 Å². The maximum atomic E-state index is 10.3. The number of carbonyl (C=O) groups excluding carboxylic acids is 1. The molecule has 15 heavy (non-hydrogen) atoms. The summed E-state index contributed by atoms with van der Waals surface area (Å²) >= 11 is 1.62. The Morgan fingerprint density at radius 1 is 1.47 bits per heavy atom. The van der Waals surface area contributed by atoms with Crippen LogP contribution in [0.4, 0.5) is 0 Å². The molecule has 3 nitrogen and oxygen atoms in total. The molecule has 0 spiro atoms. The number of benzene rings is 1. The normalized spacial score (nSPS) is 17.3. The first-order valence-electron chi connectivity index (χ1n) is 4.77. The van der Waals surface area contributed by atoms with Crippen LogP contribution in [0.5, 0.6) is 0 Å². The minimum Gasteiger partial charge on any atom is -0.245 e. The second kappa shape index (κ2) is 2.99. The standard InChI is InChI=1S/C11H8N2OS/c14-6-13-11(3-4-11)8-1-2-10-9(5-8)12-7-15-10/h1-2,5,7H,3-4H2. The van der Waals surface area contributed by atoms with Crippen LogP contribution >= 0.6 is 11.3 Å². The Labute approximate surface area is 90.5 Å². The maximum Gasteiger partial charge on any atom is 0.235 e. The Morgan fingerprint density at radius 2 is 2.33 bits per heavy atom. The van der Waals surface area contributed by atoms with E-state index in [1.165, 1.54) is 4.70 Å². The van der Waals surface area contributed by atoms with Crippen molar-refractivity contribution in [3.05, 3.63) is 29.3 Å². The highest BCUT2D eigenvalue weighted by Crippen LogP contribution is 2.49. The predicted octanol–water partition coefficient (Wildman–Crippen LogP) is 2.62. The summed E-state index contributed by atoms with van der Waals surface area (Å²) in [4.78, 5) is 18.5. The van der Waals surface area contributed by atoms with Crippen molar-refractivity contribution >= 4 is 27.6 Å². The molecule has 0 unspecified atom stereocenters. The van der Waals surface area contributed by atoms with Crippen molar-refractivity contribution in [1.29, 1.82) is 0 Å². The second-order valence-corrected chi connectivity index (χ2v) is 4.66. The van der Waals surface area contributed by atoms with Gasteiger partial charge in [0.15, 0.2) is 0 Å². The van der Waals surface area contributed by atoms with E-state index in [0.29, 0.717) is 0 Å². The zero-order chi connectivity index (χ0) is 10.3. The van der Waals surface area contributed by atoms with Crippen LogP contribution in [0.2, 0.25) is 0 Å². The molecule has 0 radical (unpaired) electrons. The molecule has 0 atom stereocenters. The lowest BCUT2D eigenvalue weighted by Gasteiger charge is -2.06. The maximum absolute atomic E-state index is 10.3. The van der Waals surface area contributed by atoms with E-state index in [0.717, 1.165) is 23.9 Å². The lowest BCUT2D eigenvalue weighted by Crippen LogP contribution is -2.01. The number of thiazole rings is 1. The molecule has 0 aliphatic heterocycles. The summed E-state index contributed by atoms with van der Waals surface area (Å²) in [7, 11) is 0. The summed E-state index contributed by atoms with van der Waals surface area (Å²) in [6.45, 7) is 0. The van der Waals surface area contributed by atoms with Gasteiger partial charge in [-0.1, -0.05) is 6.07 Å². The number of fused-ring (bicyclic) bond motifs is 1. The third-order valence-electron chi connectivity index (χ3n) is 2.85. The van der Waals surface area contributed by atoms with Gasteiger partial charge in [-0.3, -0.25) is 0 Å². The fourth-order valence-corrected chi connectivity index (χ4v) is 2.48. The van der Waals surface area contributed by atoms with Gasteiger partial charge in [0.25, 0.3) is 0 Å². The zero-order valence-electron chi connectivity index (χ0n) is 7.93. The number of hydrogen-bond donors (Lipinski definition) is 0. The third kappa shape index (κ3) is 1.30. The number of isocyanates is 1. The molecule has 1 heterocycles. The van der Waals surface area contributed by atoms with Gasteiger partial charge < -0.3 is 0 Å². The average Bonchev–Trinajstić information content (AvgIpc) is 2.89. The zero-order valence-corrected chi connectivity index (χ0v) is 8.75. The molecule has 1 aromatic heterocycles. The minimum atomic E-state index is -0.278. The quantitative estimate of drug-likeness (QED) is 0.572. The van der Waals surface area contributed by atoms with E-state index in [-0.39, 0.29) is 5.54 Å². The van der Waals surface area contributed by atoms with Crippen LogP contribution in [0.3, 0.4) is 0 Å². The molecule has 0 saturated heterocycles. The van der Waals surface area contributed by atoms with Crippen molar-refractivity contribution in [2.24, 2.45) is 4.99 Å². The van der Waals surface area contributed by atoms with Crippen LogP contribution in [0.1, 0.15) is 18.4 Å². The summed E-state index contributed by atoms with van der Waals surface area (Å²) < 4.78 is 1.17. The Balaban J connectivity index is 2.15. The van der Waals surface area contributed by atoms with Crippen LogP contribution in [-0.4, -0.2) is 11.1 Å². The third-order valence-corrected chi connectivity index (χ3v) is 3.66. The van der Waals surface area contributed by atoms with Gasteiger partial charge in [-0.05, 0) is 30.5 Å². The Morgan fingerprint density at radius 3 is 3.07 bits per heavy atom. The lowest BCUT2D eigenvalue weighted by atomic mass is 10.1. The lowest BCUT2D eigenvalue weighted by molar-refractivity contribution is 0.556. The smallest absolute Gasteiger partial charge is 0.235 e. The van der Waals surface area contributed by atoms with Crippen LogP contribution in [0, 0.1) is 0 Å². The highest BCUT2D eigenvalue weighted by Gasteiger charge is 2.44. The highest BCUT2D eigenvalue weighted by molar-refractivity contribution is 7.16. The van der Waals surface area contributed by atoms with E-state index in [2.05, 4.69) is 9.98 Å². The molecular formula is C11H8N2OS. The van der Waals surface area contributed by atoms with Crippen molar-refractivity contribution in [1.82, 2.24) is 4.98 Å². The average molecular weight is 216 g/mol. The van der Waals surface area contributed by atoms with Gasteiger partial charge in [0, 0.05) is 0 Å². The van der Waals surface area contributed by atoms with Gasteiger partial charge in [0.1, 0.15) is 0 Å². The van der Waals surface area contributed by atoms with E-state index < -0.39 is 0 Å². The Bertz CT molecular complexity index is 565. The monoisotopic (exact) mass is 216 g/mol. The summed E-state index contributed by atoms with van der Waals surface area (Å²) in [6, 6.07) is 6.11. The van der Waals surface area contributed by atoms with Crippen molar-refractivity contribution in [3.63, 3.8) is 0 Å². The highest BCUT2D eigenvalue weighted by atomic mass is 32.1. The van der Waals surface area contributed by atoms with Crippen LogP contribution < -0.4 is 0 Å². The number of nitrogens with zero attached hydrogens (tertiary/aromatic N) is 2. The molecule has 0 amide bonds. The minimum absolute atomic E-state index is 0.278. The van der Waals surface area contributed by atoms with Crippen molar-refractivity contribution in [2.75, 3.05) is 0 Å². The molecule has 4 heteroatoms. The number of aliphatic imine (C=N–C) groups is 1. The van der Waals surface area contributed by atoms with Gasteiger partial charge in [-0.2, -0.15) is 4.99 Å². The van der Waals surface area contributed by atoms with E-state index in [4.69, 9.17) is 0 Å². The fourth-order valence-electron chi connectivity index (χ4n) is 1.82. The molecular weight excluding hydrogens is 208 g/mol. The predicted molar refractivity (Wildman–Crippen MR) is 58.7 cm³/mol. The summed E-state index contributed by atoms with van der Waals surface area (Å²) in [5.74, 6) is 0. The Hall–Kier alpha value is -1.51. The largest absolute Gasteiger partial charge is 0.245 e. The van der Waals surface area contributed by atoms with Crippen molar-refractivity contribution in [2.45, 2.75) is 18.4 Å². The van der Waals surface area contributed by atoms with Gasteiger partial charge in [-0.15, -0.1) is 11.3 Å². The van der Waals surface area contributed by atoms with Crippen molar-refractivity contribution < 1.29 is 4.79 Å². The van der Waals surface area contributed by atoms with Gasteiger partial charge in [-0.25, -0.2) is 9.78 Å². The molecule has 1 aromatic carbocycles. The number of rotatable bonds is 2. The molecule has 3 rings (SSSR count). The summed E-state index contributed by atoms with van der Waals surface area (Å²) in [5.41, 5.74) is 3.63. The molecule has 74 valence electrons. The van der Waals surface area contributed by atoms with Crippen molar-refractivity contribution in [3.8, 4) is 0 Å². The Kier molecular flexibility index (Phi) is 1.75. The van der Waals surface area contributed by atoms with E-state index in [9.17, 15) is 4.79 Å². The summed E-state index contributed by atoms with van der Waals surface area (Å²) in [5, 5.41) is 0. The number of aromatic nitrogens is 1. The molecule has 1 aliphatic carbocycles. The van der Waals surface area contributed by atoms with Crippen LogP contribution in [0.25, 0.3) is 10.2 Å². The van der Waals surface area contributed by atoms with E-state index in [1.54, 1.807) is 17.4 Å². The summed E-state index contributed by atoms with van der Waals surface area (Å²) in [6.07, 6.45) is 3.55.